The predicted octanol–water partition coefficient (Wildman–Crippen LogP) is -0.794. The Morgan fingerprint density at radius 1 is 1.71 bits per heavy atom. The fraction of sp³-hybridized carbons (Fsp3) is 1.00. The summed E-state index contributed by atoms with van der Waals surface area (Å²) in [6.45, 7) is 1.49. The van der Waals surface area contributed by atoms with Crippen LogP contribution in [0.5, 0.6) is 0 Å². The summed E-state index contributed by atoms with van der Waals surface area (Å²) in [5.74, 6) is 0. The fourth-order valence-electron chi connectivity index (χ4n) is 0.118. The van der Waals surface area contributed by atoms with Crippen molar-refractivity contribution in [1.82, 2.24) is 4.90 Å². The summed E-state index contributed by atoms with van der Waals surface area (Å²) >= 11 is 0. The van der Waals surface area contributed by atoms with Gasteiger partial charge in [0.15, 0.2) is 0 Å². The molecule has 0 bridgehead atoms. The highest BCUT2D eigenvalue weighted by Crippen LogP contribution is 1.84. The van der Waals surface area contributed by atoms with Crippen molar-refractivity contribution in [2.24, 2.45) is 0 Å². The first-order chi connectivity index (χ1) is 3.18. The molecular formula is C4H11NO2. The molecule has 0 aliphatic rings. The maximum absolute atomic E-state index is 8.59. The van der Waals surface area contributed by atoms with Crippen LogP contribution in [-0.2, 0) is 0 Å². The third kappa shape index (κ3) is 2.56. The molecule has 0 unspecified atom stereocenters. The minimum atomic E-state index is -0.551. The number of rotatable bonds is 2. The van der Waals surface area contributed by atoms with Gasteiger partial charge in [-0.2, -0.15) is 0 Å². The Labute approximate surface area is 43.2 Å². The minimum absolute atomic E-state index is 0.0995. The Hall–Kier alpha value is -0.120. The molecule has 0 aromatic heterocycles. The van der Waals surface area contributed by atoms with Gasteiger partial charge in [-0.05, 0) is 14.0 Å². The Morgan fingerprint density at radius 2 is 2.14 bits per heavy atom. The van der Waals surface area contributed by atoms with E-state index in [9.17, 15) is 0 Å². The van der Waals surface area contributed by atoms with E-state index >= 15 is 0 Å². The van der Waals surface area contributed by atoms with E-state index in [0.29, 0.717) is 0 Å². The van der Waals surface area contributed by atoms with E-state index in [1.807, 2.05) is 0 Å². The molecule has 0 rings (SSSR count). The first-order valence-corrected chi connectivity index (χ1v) is 2.17. The van der Waals surface area contributed by atoms with Gasteiger partial charge in [0.05, 0.1) is 6.73 Å². The van der Waals surface area contributed by atoms with Crippen LogP contribution in [0.15, 0.2) is 0 Å². The maximum atomic E-state index is 8.59. The quantitative estimate of drug-likeness (QED) is 0.452. The number of aliphatic hydroxyl groups is 2. The summed E-state index contributed by atoms with van der Waals surface area (Å²) in [4.78, 5) is 1.40. The number of nitrogens with zero attached hydrogens (tertiary/aromatic N) is 1. The Morgan fingerprint density at radius 3 is 2.14 bits per heavy atom. The summed E-state index contributed by atoms with van der Waals surface area (Å²) in [6.07, 6.45) is -0.551. The molecule has 0 fully saturated rings. The van der Waals surface area contributed by atoms with Gasteiger partial charge in [0.2, 0.25) is 0 Å². The Balaban J connectivity index is 3.14. The molecule has 2 N–H and O–H groups in total. The first kappa shape index (κ1) is 6.88. The molecule has 7 heavy (non-hydrogen) atoms. The second-order valence-electron chi connectivity index (χ2n) is 1.53. The lowest BCUT2D eigenvalue weighted by molar-refractivity contribution is -0.0154. The van der Waals surface area contributed by atoms with Gasteiger partial charge in [0, 0.05) is 0 Å². The molecule has 44 valence electrons. The number of aliphatic hydroxyl groups excluding tert-OH is 2. The van der Waals surface area contributed by atoms with Gasteiger partial charge in [-0.3, -0.25) is 4.90 Å². The fourth-order valence-corrected chi connectivity index (χ4v) is 0.118. The van der Waals surface area contributed by atoms with E-state index in [1.54, 1.807) is 14.0 Å². The highest BCUT2D eigenvalue weighted by Gasteiger charge is 1.98. The zero-order chi connectivity index (χ0) is 5.86. The van der Waals surface area contributed by atoms with Crippen LogP contribution >= 0.6 is 0 Å². The third-order valence-corrected chi connectivity index (χ3v) is 0.861. The van der Waals surface area contributed by atoms with Crippen LogP contribution in [0.2, 0.25) is 0 Å². The van der Waals surface area contributed by atoms with Crippen LogP contribution in [0, 0.1) is 0 Å². The minimum Gasteiger partial charge on any atom is -0.381 e. The van der Waals surface area contributed by atoms with Crippen LogP contribution < -0.4 is 0 Å². The van der Waals surface area contributed by atoms with Crippen molar-refractivity contribution in [3.63, 3.8) is 0 Å². The molecule has 0 amide bonds. The highest BCUT2D eigenvalue weighted by atomic mass is 16.3. The third-order valence-electron chi connectivity index (χ3n) is 0.861. The number of hydrogen-bond acceptors (Lipinski definition) is 3. The highest BCUT2D eigenvalue weighted by molar-refractivity contribution is 4.39. The first-order valence-electron chi connectivity index (χ1n) is 2.17. The van der Waals surface area contributed by atoms with Crippen molar-refractivity contribution in [2.75, 3.05) is 13.8 Å². The van der Waals surface area contributed by atoms with E-state index in [1.165, 1.54) is 4.90 Å². The molecule has 3 heteroatoms. The lowest BCUT2D eigenvalue weighted by atomic mass is 10.6. The molecular weight excluding hydrogens is 94.0 g/mol. The summed E-state index contributed by atoms with van der Waals surface area (Å²) in [5, 5.41) is 16.9. The second kappa shape index (κ2) is 2.96. The van der Waals surface area contributed by atoms with E-state index in [4.69, 9.17) is 10.2 Å². The Bertz CT molecular complexity index is 47.0. The summed E-state index contributed by atoms with van der Waals surface area (Å²) in [7, 11) is 1.63. The van der Waals surface area contributed by atoms with Crippen LogP contribution in [0.1, 0.15) is 6.92 Å². The van der Waals surface area contributed by atoms with Gasteiger partial charge in [0.25, 0.3) is 0 Å². The van der Waals surface area contributed by atoms with Crippen molar-refractivity contribution in [1.29, 1.82) is 0 Å². The molecule has 0 radical (unpaired) electrons. The molecule has 0 aromatic carbocycles. The van der Waals surface area contributed by atoms with Gasteiger partial charge in [-0.25, -0.2) is 0 Å². The van der Waals surface area contributed by atoms with Gasteiger partial charge < -0.3 is 10.2 Å². The van der Waals surface area contributed by atoms with E-state index in [2.05, 4.69) is 0 Å². The van der Waals surface area contributed by atoms with E-state index in [-0.39, 0.29) is 6.73 Å². The summed E-state index contributed by atoms with van der Waals surface area (Å²) in [6, 6.07) is 0. The predicted molar refractivity (Wildman–Crippen MR) is 26.5 cm³/mol. The monoisotopic (exact) mass is 105 g/mol. The van der Waals surface area contributed by atoms with Crippen LogP contribution in [0.4, 0.5) is 0 Å². The average molecular weight is 105 g/mol. The van der Waals surface area contributed by atoms with Crippen LogP contribution in [-0.4, -0.2) is 35.1 Å². The Kier molecular flexibility index (Phi) is 2.91. The zero-order valence-electron chi connectivity index (χ0n) is 4.63. The zero-order valence-corrected chi connectivity index (χ0v) is 4.63. The molecule has 1 atom stereocenters. The molecule has 0 aliphatic heterocycles. The number of hydrogen-bond donors (Lipinski definition) is 2. The SMILES string of the molecule is C[C@H](O)N(C)CO. The van der Waals surface area contributed by atoms with Gasteiger partial charge in [-0.15, -0.1) is 0 Å². The molecule has 0 aliphatic carbocycles. The molecule has 0 saturated heterocycles. The maximum Gasteiger partial charge on any atom is 0.106 e. The van der Waals surface area contributed by atoms with Gasteiger partial charge in [0.1, 0.15) is 6.23 Å². The van der Waals surface area contributed by atoms with Gasteiger partial charge >= 0.3 is 0 Å². The van der Waals surface area contributed by atoms with E-state index in [0.717, 1.165) is 0 Å². The topological polar surface area (TPSA) is 43.7 Å². The van der Waals surface area contributed by atoms with Crippen molar-refractivity contribution in [3.05, 3.63) is 0 Å². The molecule has 0 saturated carbocycles. The smallest absolute Gasteiger partial charge is 0.106 e. The van der Waals surface area contributed by atoms with Crippen molar-refractivity contribution < 1.29 is 10.2 Å². The summed E-state index contributed by atoms with van der Waals surface area (Å²) in [5.41, 5.74) is 0. The lowest BCUT2D eigenvalue weighted by Gasteiger charge is -2.15. The van der Waals surface area contributed by atoms with Crippen molar-refractivity contribution in [2.45, 2.75) is 13.2 Å². The lowest BCUT2D eigenvalue weighted by Crippen LogP contribution is -2.29. The van der Waals surface area contributed by atoms with Gasteiger partial charge in [-0.1, -0.05) is 0 Å². The second-order valence-corrected chi connectivity index (χ2v) is 1.53. The normalized spacial score (nSPS) is 15.0. The molecule has 0 aromatic rings. The molecule has 3 nitrogen and oxygen atoms in total. The molecule has 0 spiro atoms. The van der Waals surface area contributed by atoms with Crippen molar-refractivity contribution >= 4 is 0 Å². The largest absolute Gasteiger partial charge is 0.381 e. The van der Waals surface area contributed by atoms with Crippen molar-refractivity contribution in [3.8, 4) is 0 Å². The van der Waals surface area contributed by atoms with E-state index < -0.39 is 6.23 Å². The summed E-state index contributed by atoms with van der Waals surface area (Å²) < 4.78 is 0. The molecule has 0 heterocycles. The standard InChI is InChI=1S/C4H11NO2/c1-4(7)5(2)3-6/h4,6-7H,3H2,1-2H3/t4-/m0/s1. The van der Waals surface area contributed by atoms with Crippen LogP contribution in [0.3, 0.4) is 0 Å². The average Bonchev–Trinajstić information content (AvgIpc) is 1.65. The van der Waals surface area contributed by atoms with Crippen LogP contribution in [0.25, 0.3) is 0 Å².